The van der Waals surface area contributed by atoms with Gasteiger partial charge in [-0.3, -0.25) is 9.59 Å². The Morgan fingerprint density at radius 2 is 1.60 bits per heavy atom. The number of rotatable bonds is 7. The maximum absolute atomic E-state index is 12.7. The quantitative estimate of drug-likeness (QED) is 0.318. The molecular formula is C28H26N2O5. The zero-order chi connectivity index (χ0) is 24.9. The number of hydrogen-bond acceptors (Lipinski definition) is 5. The van der Waals surface area contributed by atoms with Crippen LogP contribution in [0.15, 0.2) is 77.4 Å². The highest BCUT2D eigenvalue weighted by atomic mass is 16.5. The van der Waals surface area contributed by atoms with Crippen LogP contribution < -0.4 is 20.1 Å². The van der Waals surface area contributed by atoms with Gasteiger partial charge in [-0.05, 0) is 54.5 Å². The van der Waals surface area contributed by atoms with Gasteiger partial charge in [-0.2, -0.15) is 0 Å². The molecule has 178 valence electrons. The second-order valence-electron chi connectivity index (χ2n) is 8.01. The summed E-state index contributed by atoms with van der Waals surface area (Å²) in [6, 6.07) is 18.5. The first kappa shape index (κ1) is 23.6. The lowest BCUT2D eigenvalue weighted by atomic mass is 9.99. The summed E-state index contributed by atoms with van der Waals surface area (Å²) in [7, 11) is 3.21. The molecule has 4 aromatic rings. The average Bonchev–Trinajstić information content (AvgIpc) is 3.25. The Morgan fingerprint density at radius 3 is 2.26 bits per heavy atom. The van der Waals surface area contributed by atoms with Crippen molar-refractivity contribution in [2.24, 2.45) is 0 Å². The van der Waals surface area contributed by atoms with E-state index >= 15 is 0 Å². The molecule has 3 aromatic carbocycles. The van der Waals surface area contributed by atoms with E-state index in [-0.39, 0.29) is 11.8 Å². The number of furan rings is 1. The molecule has 2 amide bonds. The van der Waals surface area contributed by atoms with E-state index in [1.807, 2.05) is 43.3 Å². The normalized spacial score (nSPS) is 11.3. The summed E-state index contributed by atoms with van der Waals surface area (Å²) < 4.78 is 16.6. The van der Waals surface area contributed by atoms with E-state index < -0.39 is 0 Å². The van der Waals surface area contributed by atoms with Gasteiger partial charge in [0.2, 0.25) is 11.8 Å². The van der Waals surface area contributed by atoms with Gasteiger partial charge in [-0.1, -0.05) is 18.2 Å². The molecule has 0 spiro atoms. The van der Waals surface area contributed by atoms with Gasteiger partial charge in [0, 0.05) is 47.0 Å². The Balaban J connectivity index is 1.64. The number of allylic oxidation sites excluding steroid dienone is 1. The van der Waals surface area contributed by atoms with Crippen molar-refractivity contribution in [3.05, 3.63) is 78.6 Å². The van der Waals surface area contributed by atoms with Crippen molar-refractivity contribution in [1.29, 1.82) is 0 Å². The number of methoxy groups -OCH3 is 2. The van der Waals surface area contributed by atoms with Crippen LogP contribution in [0.5, 0.6) is 11.5 Å². The Labute approximate surface area is 203 Å². The number of hydrogen-bond donors (Lipinski definition) is 2. The fraction of sp³-hybridized carbons (Fsp3) is 0.143. The molecule has 0 fully saturated rings. The third-order valence-electron chi connectivity index (χ3n) is 5.52. The van der Waals surface area contributed by atoms with Crippen molar-refractivity contribution in [3.63, 3.8) is 0 Å². The number of fused-ring (bicyclic) bond motifs is 1. The lowest BCUT2D eigenvalue weighted by Gasteiger charge is -2.11. The van der Waals surface area contributed by atoms with Crippen LogP contribution in [0.3, 0.4) is 0 Å². The van der Waals surface area contributed by atoms with Gasteiger partial charge in [0.15, 0.2) is 0 Å². The van der Waals surface area contributed by atoms with Gasteiger partial charge in [-0.15, -0.1) is 0 Å². The SMILES string of the molecule is COc1ccc(-c2coc3cc(OC)c(/C(C)=C/C(=O)Nc4cccc(NC(C)=O)c4)cc23)cc1. The lowest BCUT2D eigenvalue weighted by Crippen LogP contribution is -2.10. The molecule has 0 unspecified atom stereocenters. The van der Waals surface area contributed by atoms with E-state index in [1.54, 1.807) is 44.7 Å². The van der Waals surface area contributed by atoms with Crippen LogP contribution in [0.1, 0.15) is 19.4 Å². The molecule has 4 rings (SSSR count). The van der Waals surface area contributed by atoms with E-state index in [1.165, 1.54) is 13.0 Å². The third kappa shape index (κ3) is 5.35. The molecule has 0 saturated carbocycles. The molecule has 0 aliphatic heterocycles. The van der Waals surface area contributed by atoms with Gasteiger partial charge in [0.05, 0.1) is 20.5 Å². The largest absolute Gasteiger partial charge is 0.497 e. The molecular weight excluding hydrogens is 444 g/mol. The summed E-state index contributed by atoms with van der Waals surface area (Å²) in [4.78, 5) is 24.0. The number of carbonyl (C=O) groups is 2. The van der Waals surface area contributed by atoms with Crippen molar-refractivity contribution in [3.8, 4) is 22.6 Å². The molecule has 0 bridgehead atoms. The van der Waals surface area contributed by atoms with Crippen LogP contribution in [-0.2, 0) is 9.59 Å². The predicted octanol–water partition coefficient (Wildman–Crippen LogP) is 6.12. The van der Waals surface area contributed by atoms with Crippen LogP contribution in [0, 0.1) is 0 Å². The van der Waals surface area contributed by atoms with E-state index in [4.69, 9.17) is 13.9 Å². The van der Waals surface area contributed by atoms with Gasteiger partial charge < -0.3 is 24.5 Å². The Kier molecular flexibility index (Phi) is 6.87. The van der Waals surface area contributed by atoms with E-state index in [0.29, 0.717) is 22.7 Å². The van der Waals surface area contributed by atoms with Gasteiger partial charge in [-0.25, -0.2) is 0 Å². The summed E-state index contributed by atoms with van der Waals surface area (Å²) in [6.07, 6.45) is 3.23. The minimum absolute atomic E-state index is 0.181. The second kappa shape index (κ2) is 10.2. The molecule has 35 heavy (non-hydrogen) atoms. The van der Waals surface area contributed by atoms with Crippen LogP contribution in [0.2, 0.25) is 0 Å². The van der Waals surface area contributed by atoms with Gasteiger partial charge >= 0.3 is 0 Å². The van der Waals surface area contributed by atoms with E-state index in [9.17, 15) is 9.59 Å². The summed E-state index contributed by atoms with van der Waals surface area (Å²) in [5.41, 5.74) is 5.28. The van der Waals surface area contributed by atoms with Crippen LogP contribution in [0.25, 0.3) is 27.7 Å². The standard InChI is InChI=1S/C28H26N2O5/c1-17(12-28(32)30-21-7-5-6-20(13-21)29-18(2)31)23-14-24-25(16-35-27(24)15-26(23)34-4)19-8-10-22(33-3)11-9-19/h5-16H,1-4H3,(H,29,31)(H,30,32)/b17-12+. The van der Waals surface area contributed by atoms with Crippen molar-refractivity contribution in [1.82, 2.24) is 0 Å². The molecule has 7 heteroatoms. The number of ether oxygens (including phenoxy) is 2. The molecule has 0 aliphatic carbocycles. The predicted molar refractivity (Wildman–Crippen MR) is 138 cm³/mol. The smallest absolute Gasteiger partial charge is 0.248 e. The Bertz CT molecular complexity index is 1420. The monoisotopic (exact) mass is 470 g/mol. The molecule has 2 N–H and O–H groups in total. The van der Waals surface area contributed by atoms with Crippen LogP contribution in [-0.4, -0.2) is 26.0 Å². The minimum Gasteiger partial charge on any atom is -0.497 e. The summed E-state index contributed by atoms with van der Waals surface area (Å²) in [5.74, 6) is 0.894. The summed E-state index contributed by atoms with van der Waals surface area (Å²) >= 11 is 0. The highest BCUT2D eigenvalue weighted by Crippen LogP contribution is 2.37. The van der Waals surface area contributed by atoms with Crippen LogP contribution in [0.4, 0.5) is 11.4 Å². The fourth-order valence-electron chi connectivity index (χ4n) is 3.86. The number of nitrogens with one attached hydrogen (secondary N) is 2. The molecule has 1 heterocycles. The molecule has 1 aromatic heterocycles. The second-order valence-corrected chi connectivity index (χ2v) is 8.01. The fourth-order valence-corrected chi connectivity index (χ4v) is 3.86. The zero-order valence-corrected chi connectivity index (χ0v) is 20.0. The minimum atomic E-state index is -0.299. The first-order chi connectivity index (χ1) is 16.9. The molecule has 0 atom stereocenters. The van der Waals surface area contributed by atoms with E-state index in [2.05, 4.69) is 10.6 Å². The number of benzene rings is 3. The first-order valence-corrected chi connectivity index (χ1v) is 11.0. The summed E-state index contributed by atoms with van der Waals surface area (Å²) in [5, 5.41) is 6.44. The average molecular weight is 471 g/mol. The lowest BCUT2D eigenvalue weighted by molar-refractivity contribution is -0.114. The Hall–Kier alpha value is -4.52. The molecule has 0 saturated heterocycles. The third-order valence-corrected chi connectivity index (χ3v) is 5.52. The topological polar surface area (TPSA) is 89.8 Å². The number of carbonyl (C=O) groups excluding carboxylic acids is 2. The van der Waals surface area contributed by atoms with Gasteiger partial charge in [0.25, 0.3) is 0 Å². The maximum Gasteiger partial charge on any atom is 0.248 e. The zero-order valence-electron chi connectivity index (χ0n) is 20.0. The summed E-state index contributed by atoms with van der Waals surface area (Å²) in [6.45, 7) is 3.28. The van der Waals surface area contributed by atoms with Crippen molar-refractivity contribution >= 4 is 39.7 Å². The molecule has 7 nitrogen and oxygen atoms in total. The highest BCUT2D eigenvalue weighted by Gasteiger charge is 2.15. The highest BCUT2D eigenvalue weighted by molar-refractivity contribution is 6.05. The molecule has 0 radical (unpaired) electrons. The van der Waals surface area contributed by atoms with Crippen molar-refractivity contribution in [2.45, 2.75) is 13.8 Å². The van der Waals surface area contributed by atoms with E-state index in [0.717, 1.165) is 33.4 Å². The van der Waals surface area contributed by atoms with Crippen LogP contribution >= 0.6 is 0 Å². The number of amides is 2. The first-order valence-electron chi connectivity index (χ1n) is 11.0. The molecule has 0 aliphatic rings. The van der Waals surface area contributed by atoms with Gasteiger partial charge in [0.1, 0.15) is 17.1 Å². The number of anilines is 2. The Morgan fingerprint density at radius 1 is 0.886 bits per heavy atom. The van der Waals surface area contributed by atoms with Crippen molar-refractivity contribution < 1.29 is 23.5 Å². The van der Waals surface area contributed by atoms with Crippen molar-refractivity contribution in [2.75, 3.05) is 24.9 Å². The maximum atomic E-state index is 12.7.